The quantitative estimate of drug-likeness (QED) is 0.845. The molecule has 0 aliphatic carbocycles. The van der Waals surface area contributed by atoms with Crippen LogP contribution in [0, 0.1) is 0 Å². The Morgan fingerprint density at radius 1 is 1.47 bits per heavy atom. The fraction of sp³-hybridized carbons (Fsp3) is 0.700. The lowest BCUT2D eigenvalue weighted by atomic mass is 10.2. The van der Waals surface area contributed by atoms with Crippen LogP contribution >= 0.6 is 11.6 Å². The van der Waals surface area contributed by atoms with Crippen LogP contribution in [0.1, 0.15) is 24.6 Å². The van der Waals surface area contributed by atoms with E-state index in [9.17, 15) is 13.5 Å². The van der Waals surface area contributed by atoms with E-state index in [0.29, 0.717) is 10.7 Å². The molecule has 0 spiro atoms. The standard InChI is InChI=1S/C10H17ClN2O3S/c1-3-4-9-8(7-14)10(11)13(12-9)5-6-17(2,15)16/h14H,3-7H2,1-2H3. The summed E-state index contributed by atoms with van der Waals surface area (Å²) in [5.41, 5.74) is 1.34. The van der Waals surface area contributed by atoms with Crippen LogP contribution in [-0.2, 0) is 29.4 Å². The minimum atomic E-state index is -3.04. The first-order chi connectivity index (χ1) is 7.89. The van der Waals surface area contributed by atoms with E-state index in [1.54, 1.807) is 0 Å². The van der Waals surface area contributed by atoms with E-state index in [0.717, 1.165) is 18.5 Å². The number of hydrogen-bond donors (Lipinski definition) is 1. The van der Waals surface area contributed by atoms with Crippen molar-refractivity contribution >= 4 is 21.4 Å². The monoisotopic (exact) mass is 280 g/mol. The second-order valence-electron chi connectivity index (χ2n) is 3.98. The Labute approximate surface area is 106 Å². The van der Waals surface area contributed by atoms with Gasteiger partial charge in [-0.2, -0.15) is 5.10 Å². The van der Waals surface area contributed by atoms with Crippen LogP contribution in [0.5, 0.6) is 0 Å². The number of hydrogen-bond acceptors (Lipinski definition) is 4. The molecule has 1 rings (SSSR count). The second kappa shape index (κ2) is 5.84. The van der Waals surface area contributed by atoms with Gasteiger partial charge in [-0.05, 0) is 6.42 Å². The van der Waals surface area contributed by atoms with Gasteiger partial charge >= 0.3 is 0 Å². The van der Waals surface area contributed by atoms with Crippen molar-refractivity contribution in [3.63, 3.8) is 0 Å². The molecule has 7 heteroatoms. The maximum atomic E-state index is 11.1. The predicted molar refractivity (Wildman–Crippen MR) is 66.9 cm³/mol. The Morgan fingerprint density at radius 2 is 2.12 bits per heavy atom. The molecule has 1 aromatic heterocycles. The number of aromatic nitrogens is 2. The fourth-order valence-electron chi connectivity index (χ4n) is 1.52. The average Bonchev–Trinajstić information content (AvgIpc) is 2.51. The van der Waals surface area contributed by atoms with Gasteiger partial charge in [0.15, 0.2) is 0 Å². The first-order valence-electron chi connectivity index (χ1n) is 5.41. The van der Waals surface area contributed by atoms with Crippen LogP contribution in [0.3, 0.4) is 0 Å². The molecule has 0 saturated heterocycles. The highest BCUT2D eigenvalue weighted by molar-refractivity contribution is 7.90. The normalized spacial score (nSPS) is 12.0. The van der Waals surface area contributed by atoms with Crippen LogP contribution < -0.4 is 0 Å². The lowest BCUT2D eigenvalue weighted by molar-refractivity contribution is 0.280. The molecule has 0 aliphatic heterocycles. The number of rotatable bonds is 6. The number of halogens is 1. The number of aliphatic hydroxyl groups excluding tert-OH is 1. The number of sulfone groups is 1. The number of aliphatic hydroxyl groups is 1. The third-order valence-electron chi connectivity index (χ3n) is 2.38. The Balaban J connectivity index is 2.93. The summed E-state index contributed by atoms with van der Waals surface area (Å²) in [4.78, 5) is 0. The lowest BCUT2D eigenvalue weighted by Gasteiger charge is -2.01. The molecule has 0 amide bonds. The topological polar surface area (TPSA) is 72.2 Å². The SMILES string of the molecule is CCCc1nn(CCS(C)(=O)=O)c(Cl)c1CO. The Morgan fingerprint density at radius 3 is 2.59 bits per heavy atom. The van der Waals surface area contributed by atoms with Crippen molar-refractivity contribution in [2.24, 2.45) is 0 Å². The molecule has 0 radical (unpaired) electrons. The first-order valence-corrected chi connectivity index (χ1v) is 7.85. The summed E-state index contributed by atoms with van der Waals surface area (Å²) in [7, 11) is -3.04. The molecule has 1 heterocycles. The van der Waals surface area contributed by atoms with Gasteiger partial charge in [0.2, 0.25) is 0 Å². The lowest BCUT2D eigenvalue weighted by Crippen LogP contribution is -2.12. The molecule has 98 valence electrons. The van der Waals surface area contributed by atoms with E-state index >= 15 is 0 Å². The molecule has 0 saturated carbocycles. The summed E-state index contributed by atoms with van der Waals surface area (Å²) >= 11 is 6.04. The molecule has 5 nitrogen and oxygen atoms in total. The van der Waals surface area contributed by atoms with Crippen LogP contribution in [0.4, 0.5) is 0 Å². The average molecular weight is 281 g/mol. The number of aryl methyl sites for hydroxylation is 2. The molecule has 17 heavy (non-hydrogen) atoms. The van der Waals surface area contributed by atoms with Crippen molar-refractivity contribution in [1.29, 1.82) is 0 Å². The van der Waals surface area contributed by atoms with Gasteiger partial charge in [-0.1, -0.05) is 24.9 Å². The molecule has 0 aromatic carbocycles. The van der Waals surface area contributed by atoms with Gasteiger partial charge in [-0.3, -0.25) is 4.68 Å². The summed E-state index contributed by atoms with van der Waals surface area (Å²) in [5.74, 6) is -0.00909. The Kier molecular flexibility index (Phi) is 4.97. The maximum Gasteiger partial charge on any atom is 0.149 e. The van der Waals surface area contributed by atoms with Gasteiger partial charge in [-0.25, -0.2) is 8.42 Å². The molecule has 0 bridgehead atoms. The van der Waals surface area contributed by atoms with Crippen molar-refractivity contribution in [1.82, 2.24) is 9.78 Å². The van der Waals surface area contributed by atoms with Gasteiger partial charge in [0.25, 0.3) is 0 Å². The zero-order valence-electron chi connectivity index (χ0n) is 9.98. The van der Waals surface area contributed by atoms with Crippen LogP contribution in [0.2, 0.25) is 5.15 Å². The molecule has 0 unspecified atom stereocenters. The highest BCUT2D eigenvalue weighted by Gasteiger charge is 2.15. The van der Waals surface area contributed by atoms with E-state index in [1.807, 2.05) is 6.92 Å². The fourth-order valence-corrected chi connectivity index (χ4v) is 2.32. The van der Waals surface area contributed by atoms with E-state index in [1.165, 1.54) is 10.9 Å². The van der Waals surface area contributed by atoms with Crippen LogP contribution in [0.25, 0.3) is 0 Å². The molecule has 0 fully saturated rings. The molecule has 1 aromatic rings. The van der Waals surface area contributed by atoms with Crippen molar-refractivity contribution in [3.8, 4) is 0 Å². The Hall–Kier alpha value is -0.590. The van der Waals surface area contributed by atoms with E-state index < -0.39 is 9.84 Å². The van der Waals surface area contributed by atoms with E-state index in [4.69, 9.17) is 11.6 Å². The van der Waals surface area contributed by atoms with Crippen molar-refractivity contribution in [2.75, 3.05) is 12.0 Å². The van der Waals surface area contributed by atoms with Crippen LogP contribution in [0.15, 0.2) is 0 Å². The summed E-state index contributed by atoms with van der Waals surface area (Å²) in [6.45, 7) is 2.05. The van der Waals surface area contributed by atoms with Crippen LogP contribution in [-0.4, -0.2) is 35.3 Å². The maximum absolute atomic E-state index is 11.1. The highest BCUT2D eigenvalue weighted by Crippen LogP contribution is 2.21. The summed E-state index contributed by atoms with van der Waals surface area (Å²) in [6, 6.07) is 0. The first kappa shape index (κ1) is 14.5. The third kappa shape index (κ3) is 3.97. The largest absolute Gasteiger partial charge is 0.391 e. The molecule has 1 N–H and O–H groups in total. The molecular formula is C10H17ClN2O3S. The third-order valence-corrected chi connectivity index (χ3v) is 3.73. The van der Waals surface area contributed by atoms with Gasteiger partial charge < -0.3 is 5.11 Å². The van der Waals surface area contributed by atoms with Crippen molar-refractivity contribution in [3.05, 3.63) is 16.4 Å². The molecular weight excluding hydrogens is 264 g/mol. The van der Waals surface area contributed by atoms with Gasteiger partial charge in [0, 0.05) is 11.8 Å². The van der Waals surface area contributed by atoms with E-state index in [-0.39, 0.29) is 18.9 Å². The van der Waals surface area contributed by atoms with Crippen molar-refractivity contribution < 1.29 is 13.5 Å². The Bertz CT molecular complexity index is 482. The number of nitrogens with zero attached hydrogens (tertiary/aromatic N) is 2. The van der Waals surface area contributed by atoms with Gasteiger partial charge in [-0.15, -0.1) is 0 Å². The zero-order valence-corrected chi connectivity index (χ0v) is 11.6. The smallest absolute Gasteiger partial charge is 0.149 e. The highest BCUT2D eigenvalue weighted by atomic mass is 35.5. The van der Waals surface area contributed by atoms with Gasteiger partial charge in [0.05, 0.1) is 24.6 Å². The summed E-state index contributed by atoms with van der Waals surface area (Å²) in [6.07, 6.45) is 2.79. The van der Waals surface area contributed by atoms with Crippen molar-refractivity contribution in [2.45, 2.75) is 32.9 Å². The predicted octanol–water partition coefficient (Wildman–Crippen LogP) is 1.03. The summed E-state index contributed by atoms with van der Waals surface area (Å²) in [5, 5.41) is 13.8. The minimum absolute atomic E-state index is 0.00909. The molecule has 0 aliphatic rings. The minimum Gasteiger partial charge on any atom is -0.391 e. The second-order valence-corrected chi connectivity index (χ2v) is 6.59. The summed E-state index contributed by atoms with van der Waals surface area (Å²) < 4.78 is 23.6. The zero-order chi connectivity index (χ0) is 13.1. The van der Waals surface area contributed by atoms with Gasteiger partial charge in [0.1, 0.15) is 15.0 Å². The van der Waals surface area contributed by atoms with E-state index in [2.05, 4.69) is 5.10 Å². The molecule has 0 atom stereocenters.